The molecule has 0 aromatic heterocycles. The number of amides is 1. The number of β-amino-alcohol motifs (C(OH)–C–C–N with tert-alkyl or cyclic N) is 1. The predicted octanol–water partition coefficient (Wildman–Crippen LogP) is 2.96. The Balaban J connectivity index is 1.58. The van der Waals surface area contributed by atoms with E-state index in [0.717, 1.165) is 49.8 Å². The van der Waals surface area contributed by atoms with E-state index in [1.807, 2.05) is 24.9 Å². The van der Waals surface area contributed by atoms with E-state index in [1.165, 1.54) is 5.56 Å². The Labute approximate surface area is 215 Å². The van der Waals surface area contributed by atoms with Gasteiger partial charge in [-0.2, -0.15) is 0 Å². The van der Waals surface area contributed by atoms with Crippen LogP contribution in [0.4, 0.5) is 0 Å². The quantitative estimate of drug-likeness (QED) is 0.450. The highest BCUT2D eigenvalue weighted by Crippen LogP contribution is 2.52. The summed E-state index contributed by atoms with van der Waals surface area (Å²) < 4.78 is 0. The minimum atomic E-state index is -0.798. The first-order valence-electron chi connectivity index (χ1n) is 13.6. The summed E-state index contributed by atoms with van der Waals surface area (Å²) in [6, 6.07) is 10.3. The second kappa shape index (κ2) is 10.0. The van der Waals surface area contributed by atoms with Crippen molar-refractivity contribution < 1.29 is 19.9 Å². The fourth-order valence-electron chi connectivity index (χ4n) is 6.86. The van der Waals surface area contributed by atoms with Gasteiger partial charge in [-0.05, 0) is 64.6 Å². The smallest absolute Gasteiger partial charge is 0.238 e. The number of hydrogen-bond acceptors (Lipinski definition) is 5. The van der Waals surface area contributed by atoms with Crippen molar-refractivity contribution >= 4 is 5.91 Å². The number of aliphatic hydroxyl groups excluding tert-OH is 1. The average molecular weight is 502 g/mol. The standard InChI is InChI=1S/C28H44N4O4/c1-25(2,24(34)29-17-18-33)19-23-20-26(31(32(23)36)21-27(35)11-8-12-27)13-15-28(16-14-26,30(3)4)22-9-6-5-7-10-22/h5-7,9-10,23,33,35H,8,11-21H2,1-4H3/p+1/t23-,26?,28?/m1/s1. The monoisotopic (exact) mass is 501 g/mol. The third-order valence-electron chi connectivity index (χ3n) is 9.37. The molecule has 4 rings (SSSR count). The van der Waals surface area contributed by atoms with Gasteiger partial charge in [0.2, 0.25) is 11.9 Å². The van der Waals surface area contributed by atoms with E-state index in [4.69, 9.17) is 5.11 Å². The predicted molar refractivity (Wildman–Crippen MR) is 139 cm³/mol. The van der Waals surface area contributed by atoms with Crippen molar-refractivity contribution in [3.63, 3.8) is 0 Å². The van der Waals surface area contributed by atoms with Gasteiger partial charge in [0.05, 0.1) is 22.5 Å². The van der Waals surface area contributed by atoms with Crippen LogP contribution in [0.2, 0.25) is 0 Å². The molecule has 1 amide bonds. The van der Waals surface area contributed by atoms with Crippen LogP contribution in [-0.2, 0) is 10.3 Å². The molecule has 1 atom stereocenters. The summed E-state index contributed by atoms with van der Waals surface area (Å²) in [6.45, 7) is 4.21. The van der Waals surface area contributed by atoms with Gasteiger partial charge in [0, 0.05) is 24.9 Å². The number of carbonyl (C=O) groups excluding carboxylic acids is 1. The van der Waals surface area contributed by atoms with Gasteiger partial charge >= 0.3 is 0 Å². The van der Waals surface area contributed by atoms with Gasteiger partial charge in [-0.3, -0.25) is 9.69 Å². The highest BCUT2D eigenvalue weighted by molar-refractivity contribution is 5.81. The SMILES string of the molecule is CN(C)C1(c2ccccc2)CCC2(CC1)C[C@@H](CC(C)(C)C(=O)NCCO)[N+](=O)N2CC1(O)CCC1. The van der Waals surface area contributed by atoms with Crippen molar-refractivity contribution in [2.45, 2.75) is 94.4 Å². The van der Waals surface area contributed by atoms with Crippen molar-refractivity contribution in [3.05, 3.63) is 40.8 Å². The van der Waals surface area contributed by atoms with Crippen molar-refractivity contribution in [2.75, 3.05) is 33.8 Å². The summed E-state index contributed by atoms with van der Waals surface area (Å²) in [4.78, 5) is 30.0. The maximum Gasteiger partial charge on any atom is 0.238 e. The highest BCUT2D eigenvalue weighted by atomic mass is 16.3. The average Bonchev–Trinajstić information content (AvgIpc) is 3.07. The van der Waals surface area contributed by atoms with E-state index in [1.54, 1.807) is 0 Å². The van der Waals surface area contributed by atoms with Crippen LogP contribution in [0.25, 0.3) is 0 Å². The fourth-order valence-corrected chi connectivity index (χ4v) is 6.86. The van der Waals surface area contributed by atoms with Crippen LogP contribution >= 0.6 is 0 Å². The first kappa shape index (κ1) is 27.0. The molecule has 1 spiro atoms. The van der Waals surface area contributed by atoms with Crippen LogP contribution in [0.5, 0.6) is 0 Å². The molecule has 1 aromatic carbocycles. The van der Waals surface area contributed by atoms with Crippen molar-refractivity contribution in [1.82, 2.24) is 15.2 Å². The summed E-state index contributed by atoms with van der Waals surface area (Å²) in [6.07, 6.45) is 7.18. The van der Waals surface area contributed by atoms with Crippen LogP contribution < -0.4 is 5.32 Å². The van der Waals surface area contributed by atoms with Crippen LogP contribution in [-0.4, -0.2) is 81.9 Å². The fraction of sp³-hybridized carbons (Fsp3) is 0.750. The van der Waals surface area contributed by atoms with Gasteiger partial charge in [-0.1, -0.05) is 44.2 Å². The van der Waals surface area contributed by atoms with Crippen LogP contribution in [0.3, 0.4) is 0 Å². The minimum absolute atomic E-state index is 0.0825. The Hall–Kier alpha value is -2.03. The molecule has 36 heavy (non-hydrogen) atoms. The van der Waals surface area contributed by atoms with Crippen molar-refractivity contribution in [1.29, 1.82) is 0 Å². The molecule has 8 nitrogen and oxygen atoms in total. The second-order valence-corrected chi connectivity index (χ2v) is 12.4. The third-order valence-corrected chi connectivity index (χ3v) is 9.37. The molecule has 1 saturated heterocycles. The molecule has 2 saturated carbocycles. The Morgan fingerprint density at radius 3 is 2.31 bits per heavy atom. The highest BCUT2D eigenvalue weighted by Gasteiger charge is 2.63. The van der Waals surface area contributed by atoms with Crippen LogP contribution in [0.1, 0.15) is 77.2 Å². The Morgan fingerprint density at radius 2 is 1.78 bits per heavy atom. The summed E-state index contributed by atoms with van der Waals surface area (Å²) in [5.41, 5.74) is -0.623. The lowest BCUT2D eigenvalue weighted by atomic mass is 9.66. The molecule has 0 radical (unpaired) electrons. The Bertz CT molecular complexity index is 936. The number of benzene rings is 1. The van der Waals surface area contributed by atoms with Crippen LogP contribution in [0.15, 0.2) is 30.3 Å². The Morgan fingerprint density at radius 1 is 1.14 bits per heavy atom. The molecular formula is C28H45N4O4+. The van der Waals surface area contributed by atoms with Crippen LogP contribution in [0, 0.1) is 10.3 Å². The zero-order chi connectivity index (χ0) is 26.2. The summed E-state index contributed by atoms with van der Waals surface area (Å²) >= 11 is 0. The first-order chi connectivity index (χ1) is 17.0. The number of nitroso groups, excluding NO2 is 1. The van der Waals surface area contributed by atoms with Gasteiger partial charge in [0.25, 0.3) is 0 Å². The topological polar surface area (TPSA) is 96.1 Å². The van der Waals surface area contributed by atoms with Crippen molar-refractivity contribution in [2.24, 2.45) is 5.41 Å². The number of aliphatic hydroxyl groups is 2. The zero-order valence-electron chi connectivity index (χ0n) is 22.5. The number of carbonyl (C=O) groups is 1. The maximum absolute atomic E-state index is 13.8. The summed E-state index contributed by atoms with van der Waals surface area (Å²) in [5.74, 6) is -0.144. The number of hydrogen-bond donors (Lipinski definition) is 3. The molecule has 3 fully saturated rings. The molecule has 200 valence electrons. The maximum atomic E-state index is 13.8. The van der Waals surface area contributed by atoms with Gasteiger partial charge in [-0.25, -0.2) is 0 Å². The van der Waals surface area contributed by atoms with Gasteiger partial charge in [0.15, 0.2) is 0 Å². The molecule has 3 aliphatic rings. The number of hydrazine groups is 1. The normalized spacial score (nSPS) is 30.0. The molecule has 1 aliphatic heterocycles. The summed E-state index contributed by atoms with van der Waals surface area (Å²) in [5, 5.41) is 24.9. The van der Waals surface area contributed by atoms with Gasteiger partial charge in [-0.15, -0.1) is 5.01 Å². The van der Waals surface area contributed by atoms with E-state index in [-0.39, 0.29) is 36.2 Å². The summed E-state index contributed by atoms with van der Waals surface area (Å²) in [7, 11) is 4.29. The van der Waals surface area contributed by atoms with Gasteiger partial charge in [0.1, 0.15) is 17.0 Å². The lowest BCUT2D eigenvalue weighted by Gasteiger charge is -2.50. The zero-order valence-corrected chi connectivity index (χ0v) is 22.5. The van der Waals surface area contributed by atoms with E-state index >= 15 is 0 Å². The van der Waals surface area contributed by atoms with E-state index in [0.29, 0.717) is 19.4 Å². The molecule has 2 aliphatic carbocycles. The molecular weight excluding hydrogens is 456 g/mol. The Kier molecular flexibility index (Phi) is 7.53. The number of rotatable bonds is 9. The molecule has 1 aromatic rings. The molecule has 8 heteroatoms. The molecule has 0 unspecified atom stereocenters. The number of nitrogens with one attached hydrogen (secondary N) is 1. The van der Waals surface area contributed by atoms with E-state index in [9.17, 15) is 14.8 Å². The second-order valence-electron chi connectivity index (χ2n) is 12.4. The van der Waals surface area contributed by atoms with Gasteiger partial charge < -0.3 is 15.5 Å². The van der Waals surface area contributed by atoms with Crippen molar-refractivity contribution in [3.8, 4) is 0 Å². The first-order valence-corrected chi connectivity index (χ1v) is 13.6. The third kappa shape index (κ3) is 4.92. The molecule has 3 N–H and O–H groups in total. The van der Waals surface area contributed by atoms with E-state index in [2.05, 4.69) is 48.6 Å². The molecule has 0 bridgehead atoms. The number of nitrogens with zero attached hydrogens (tertiary/aromatic N) is 3. The lowest BCUT2D eigenvalue weighted by Crippen LogP contribution is -2.59. The molecule has 1 heterocycles. The van der Waals surface area contributed by atoms with E-state index < -0.39 is 11.0 Å². The minimum Gasteiger partial charge on any atom is -0.395 e. The lowest BCUT2D eigenvalue weighted by molar-refractivity contribution is -0.726. The largest absolute Gasteiger partial charge is 0.395 e.